The summed E-state index contributed by atoms with van der Waals surface area (Å²) in [5.41, 5.74) is -0.257. The molecule has 0 aliphatic heterocycles. The summed E-state index contributed by atoms with van der Waals surface area (Å²) in [5.74, 6) is -1.45. The lowest BCUT2D eigenvalue weighted by atomic mass is 10.1. The first-order valence-electron chi connectivity index (χ1n) is 4.74. The maximum Gasteiger partial charge on any atom is 0.308 e. The molecule has 5 nitrogen and oxygen atoms in total. The maximum atomic E-state index is 11.6. The number of rotatable bonds is 2. The second kappa shape index (κ2) is 4.21. The third kappa shape index (κ3) is 2.16. The first kappa shape index (κ1) is 11.7. The van der Waals surface area contributed by atoms with Gasteiger partial charge in [0.15, 0.2) is 0 Å². The lowest BCUT2D eigenvalue weighted by Gasteiger charge is -2.05. The highest BCUT2D eigenvalue weighted by molar-refractivity contribution is 9.10. The van der Waals surface area contributed by atoms with Crippen LogP contribution in [-0.4, -0.2) is 21.2 Å². The Kier molecular flexibility index (Phi) is 2.89. The molecule has 6 heteroatoms. The van der Waals surface area contributed by atoms with Gasteiger partial charge in [-0.05, 0) is 18.2 Å². The first-order valence-corrected chi connectivity index (χ1v) is 5.53. The molecule has 1 aromatic carbocycles. The molecule has 2 rings (SSSR count). The summed E-state index contributed by atoms with van der Waals surface area (Å²) in [6.07, 6.45) is -0.510. The van der Waals surface area contributed by atoms with Crippen molar-refractivity contribution in [3.8, 4) is 5.75 Å². The number of aliphatic carboxylic acids is 1. The summed E-state index contributed by atoms with van der Waals surface area (Å²) in [6.45, 7) is 0. The Hall–Kier alpha value is -1.82. The van der Waals surface area contributed by atoms with E-state index in [1.807, 2.05) is 0 Å². The van der Waals surface area contributed by atoms with Gasteiger partial charge in [0.05, 0.1) is 17.5 Å². The van der Waals surface area contributed by atoms with Crippen LogP contribution in [0.1, 0.15) is 5.56 Å². The number of benzene rings is 1. The topological polar surface area (TPSA) is 90.4 Å². The summed E-state index contributed by atoms with van der Waals surface area (Å²) in [6, 6.07) is 4.96. The molecule has 2 aromatic rings. The lowest BCUT2D eigenvalue weighted by Crippen LogP contribution is -2.16. The highest BCUT2D eigenvalue weighted by Crippen LogP contribution is 2.27. The van der Waals surface area contributed by atoms with Gasteiger partial charge < -0.3 is 15.2 Å². The molecule has 0 unspecified atom stereocenters. The van der Waals surface area contributed by atoms with Crippen LogP contribution in [0.3, 0.4) is 0 Å². The number of halogens is 1. The number of H-pyrrole nitrogens is 1. The van der Waals surface area contributed by atoms with Crippen LogP contribution < -0.4 is 5.56 Å². The average molecular weight is 298 g/mol. The highest BCUT2D eigenvalue weighted by atomic mass is 79.9. The molecule has 0 amide bonds. The molecule has 0 aliphatic carbocycles. The van der Waals surface area contributed by atoms with Gasteiger partial charge in [0.1, 0.15) is 5.75 Å². The van der Waals surface area contributed by atoms with Gasteiger partial charge in [0, 0.05) is 9.86 Å². The molecule has 17 heavy (non-hydrogen) atoms. The van der Waals surface area contributed by atoms with Gasteiger partial charge in [0.2, 0.25) is 0 Å². The van der Waals surface area contributed by atoms with Crippen LogP contribution in [0.2, 0.25) is 0 Å². The zero-order valence-corrected chi connectivity index (χ0v) is 10.1. The van der Waals surface area contributed by atoms with Crippen molar-refractivity contribution in [3.05, 3.63) is 38.6 Å². The quantitative estimate of drug-likeness (QED) is 0.786. The Morgan fingerprint density at radius 1 is 1.41 bits per heavy atom. The monoisotopic (exact) mass is 297 g/mol. The largest absolute Gasteiger partial charge is 0.507 e. The Morgan fingerprint density at radius 3 is 2.76 bits per heavy atom. The van der Waals surface area contributed by atoms with E-state index >= 15 is 0 Å². The Bertz CT molecular complexity index is 662. The van der Waals surface area contributed by atoms with E-state index < -0.39 is 17.9 Å². The smallest absolute Gasteiger partial charge is 0.308 e. The average Bonchev–Trinajstić information content (AvgIpc) is 2.25. The van der Waals surface area contributed by atoms with Gasteiger partial charge in [-0.15, -0.1) is 0 Å². The fourth-order valence-electron chi connectivity index (χ4n) is 1.60. The number of pyridine rings is 1. The number of carboxylic acids is 1. The lowest BCUT2D eigenvalue weighted by molar-refractivity contribution is -0.136. The molecule has 0 fully saturated rings. The van der Waals surface area contributed by atoms with E-state index in [1.54, 1.807) is 18.2 Å². The highest BCUT2D eigenvalue weighted by Gasteiger charge is 2.14. The number of aromatic hydroxyl groups is 1. The maximum absolute atomic E-state index is 11.6. The number of nitrogens with one attached hydrogen (secondary N) is 1. The van der Waals surface area contributed by atoms with Gasteiger partial charge >= 0.3 is 5.97 Å². The number of fused-ring (bicyclic) bond motifs is 1. The second-order valence-corrected chi connectivity index (χ2v) is 4.46. The van der Waals surface area contributed by atoms with Crippen molar-refractivity contribution in [1.82, 2.24) is 4.98 Å². The van der Waals surface area contributed by atoms with E-state index in [1.165, 1.54) is 0 Å². The van der Waals surface area contributed by atoms with Crippen molar-refractivity contribution in [2.45, 2.75) is 6.42 Å². The number of carbonyl (C=O) groups is 1. The van der Waals surface area contributed by atoms with Gasteiger partial charge in [-0.2, -0.15) is 0 Å². The molecule has 0 atom stereocenters. The van der Waals surface area contributed by atoms with Crippen LogP contribution in [0.5, 0.6) is 5.75 Å². The normalized spacial score (nSPS) is 10.6. The predicted octanol–water partition coefficient (Wildman–Crippen LogP) is 1.62. The zero-order valence-electron chi connectivity index (χ0n) is 8.53. The third-order valence-electron chi connectivity index (χ3n) is 2.37. The van der Waals surface area contributed by atoms with Crippen LogP contribution in [0.15, 0.2) is 27.5 Å². The van der Waals surface area contributed by atoms with E-state index in [9.17, 15) is 14.7 Å². The van der Waals surface area contributed by atoms with E-state index in [-0.39, 0.29) is 11.3 Å². The first-order chi connectivity index (χ1) is 7.99. The van der Waals surface area contributed by atoms with Crippen molar-refractivity contribution in [3.63, 3.8) is 0 Å². The van der Waals surface area contributed by atoms with Crippen molar-refractivity contribution in [2.24, 2.45) is 0 Å². The van der Waals surface area contributed by atoms with E-state index in [0.29, 0.717) is 10.9 Å². The minimum Gasteiger partial charge on any atom is -0.507 e. The zero-order chi connectivity index (χ0) is 12.6. The van der Waals surface area contributed by atoms with E-state index in [4.69, 9.17) is 5.11 Å². The summed E-state index contributed by atoms with van der Waals surface area (Å²) in [5, 5.41) is 19.0. The number of hydrogen-bond acceptors (Lipinski definition) is 3. The van der Waals surface area contributed by atoms with Crippen LogP contribution in [-0.2, 0) is 11.2 Å². The molecule has 88 valence electrons. The Labute approximate surface area is 104 Å². The Balaban J connectivity index is 2.77. The van der Waals surface area contributed by atoms with Crippen molar-refractivity contribution < 1.29 is 15.0 Å². The summed E-state index contributed by atoms with van der Waals surface area (Å²) in [7, 11) is 0. The molecule has 0 bridgehead atoms. The standard InChI is InChI=1S/C11H8BrNO4/c12-5-1-2-8-6(3-5)10(16)7(4-9(14)15)11(17)13-8/h1-3H,4H2,(H,14,15)(H2,13,16,17). The molecule has 1 aromatic heterocycles. The van der Waals surface area contributed by atoms with Crippen molar-refractivity contribution in [2.75, 3.05) is 0 Å². The van der Waals surface area contributed by atoms with Crippen molar-refractivity contribution >= 4 is 32.8 Å². The summed E-state index contributed by atoms with van der Waals surface area (Å²) < 4.78 is 0.730. The van der Waals surface area contributed by atoms with Crippen molar-refractivity contribution in [1.29, 1.82) is 0 Å². The van der Waals surface area contributed by atoms with Crippen LogP contribution in [0.25, 0.3) is 10.9 Å². The summed E-state index contributed by atoms with van der Waals surface area (Å²) in [4.78, 5) is 24.7. The predicted molar refractivity (Wildman–Crippen MR) is 65.3 cm³/mol. The fourth-order valence-corrected chi connectivity index (χ4v) is 1.97. The van der Waals surface area contributed by atoms with E-state index in [0.717, 1.165) is 4.47 Å². The molecule has 1 heterocycles. The molecule has 0 aliphatic rings. The minimum atomic E-state index is -1.17. The van der Waals surface area contributed by atoms with Gasteiger partial charge in [-0.1, -0.05) is 15.9 Å². The number of aromatic nitrogens is 1. The number of carboxylic acid groups (broad SMARTS) is 1. The van der Waals surface area contributed by atoms with Crippen LogP contribution in [0.4, 0.5) is 0 Å². The fraction of sp³-hybridized carbons (Fsp3) is 0.0909. The SMILES string of the molecule is O=C(O)Cc1c(O)c2cc(Br)ccc2[nH]c1=O. The van der Waals surface area contributed by atoms with Crippen LogP contribution in [0, 0.1) is 0 Å². The summed E-state index contributed by atoms with van der Waals surface area (Å²) >= 11 is 3.24. The molecular weight excluding hydrogens is 290 g/mol. The second-order valence-electron chi connectivity index (χ2n) is 3.54. The van der Waals surface area contributed by atoms with Gasteiger partial charge in [-0.3, -0.25) is 9.59 Å². The Morgan fingerprint density at radius 2 is 2.12 bits per heavy atom. The molecule has 3 N–H and O–H groups in total. The third-order valence-corrected chi connectivity index (χ3v) is 2.87. The van der Waals surface area contributed by atoms with Gasteiger partial charge in [0.25, 0.3) is 5.56 Å². The molecule has 0 saturated heterocycles. The molecule has 0 radical (unpaired) electrons. The number of hydrogen-bond donors (Lipinski definition) is 3. The molecule has 0 saturated carbocycles. The van der Waals surface area contributed by atoms with Crippen LogP contribution >= 0.6 is 15.9 Å². The minimum absolute atomic E-state index is 0.136. The van der Waals surface area contributed by atoms with E-state index in [2.05, 4.69) is 20.9 Å². The molecular formula is C11H8BrNO4. The van der Waals surface area contributed by atoms with Gasteiger partial charge in [-0.25, -0.2) is 0 Å². The number of aromatic amines is 1. The molecule has 0 spiro atoms.